The molecule has 0 aliphatic carbocycles. The largest absolute Gasteiger partial charge is 0.497 e. The monoisotopic (exact) mass is 334 g/mol. The van der Waals surface area contributed by atoms with Crippen LogP contribution in [0.25, 0.3) is 33.1 Å². The molecular weight excluding hydrogens is 316 g/mol. The van der Waals surface area contributed by atoms with Gasteiger partial charge in [0.1, 0.15) is 17.2 Å². The minimum Gasteiger partial charge on any atom is -0.497 e. The Morgan fingerprint density at radius 1 is 0.760 bits per heavy atom. The molecule has 4 aromatic rings. The average molecular weight is 334 g/mol. The van der Waals surface area contributed by atoms with Crippen molar-refractivity contribution in [3.63, 3.8) is 0 Å². The Morgan fingerprint density at radius 3 is 2.16 bits per heavy atom. The van der Waals surface area contributed by atoms with E-state index >= 15 is 0 Å². The van der Waals surface area contributed by atoms with Crippen LogP contribution in [0.3, 0.4) is 0 Å². The number of hydrogen-bond acceptors (Lipinski definition) is 4. The van der Waals surface area contributed by atoms with E-state index in [0.717, 1.165) is 50.3 Å². The smallest absolute Gasteiger partial charge is 0.123 e. The van der Waals surface area contributed by atoms with Crippen molar-refractivity contribution < 1.29 is 14.2 Å². The summed E-state index contributed by atoms with van der Waals surface area (Å²) >= 11 is 0. The number of H-pyrrole nitrogens is 1. The first kappa shape index (κ1) is 15.3. The fourth-order valence-corrected chi connectivity index (χ4v) is 3.08. The van der Waals surface area contributed by atoms with Crippen LogP contribution in [0.4, 0.5) is 0 Å². The number of aromatic amines is 1. The average Bonchev–Trinajstić information content (AvgIpc) is 3.16. The molecule has 0 fully saturated rings. The quantitative estimate of drug-likeness (QED) is 0.601. The van der Waals surface area contributed by atoms with Gasteiger partial charge in [-0.05, 0) is 30.3 Å². The van der Waals surface area contributed by atoms with Crippen molar-refractivity contribution in [3.8, 4) is 28.5 Å². The topological polar surface area (TPSA) is 56.4 Å². The summed E-state index contributed by atoms with van der Waals surface area (Å²) in [5, 5.41) is 2.19. The molecule has 0 aliphatic heterocycles. The van der Waals surface area contributed by atoms with Crippen LogP contribution >= 0.6 is 0 Å². The number of benzene rings is 2. The number of ether oxygens (including phenoxy) is 3. The van der Waals surface area contributed by atoms with Crippen LogP contribution in [0.2, 0.25) is 0 Å². The Morgan fingerprint density at radius 2 is 1.48 bits per heavy atom. The van der Waals surface area contributed by atoms with Crippen LogP contribution in [0, 0.1) is 0 Å². The molecule has 1 N–H and O–H groups in total. The lowest BCUT2D eigenvalue weighted by Crippen LogP contribution is -1.93. The number of aromatic nitrogens is 2. The third-order valence-electron chi connectivity index (χ3n) is 4.34. The van der Waals surface area contributed by atoms with Crippen LogP contribution in [-0.2, 0) is 0 Å². The van der Waals surface area contributed by atoms with E-state index in [1.165, 1.54) is 0 Å². The Labute approximate surface area is 145 Å². The minimum absolute atomic E-state index is 0.724. The summed E-state index contributed by atoms with van der Waals surface area (Å²) < 4.78 is 16.1. The van der Waals surface area contributed by atoms with Crippen molar-refractivity contribution in [1.82, 2.24) is 9.97 Å². The van der Waals surface area contributed by atoms with Gasteiger partial charge in [-0.3, -0.25) is 0 Å². The predicted molar refractivity (Wildman–Crippen MR) is 98.7 cm³/mol. The Balaban J connectivity index is 2.04. The molecule has 4 rings (SSSR count). The second-order valence-electron chi connectivity index (χ2n) is 5.71. The Kier molecular flexibility index (Phi) is 3.69. The lowest BCUT2D eigenvalue weighted by molar-refractivity contribution is 0.394. The molecule has 2 aromatic carbocycles. The van der Waals surface area contributed by atoms with E-state index in [4.69, 9.17) is 19.2 Å². The van der Waals surface area contributed by atoms with Crippen LogP contribution in [0.1, 0.15) is 0 Å². The van der Waals surface area contributed by atoms with E-state index in [0.29, 0.717) is 0 Å². The van der Waals surface area contributed by atoms with Crippen LogP contribution in [-0.4, -0.2) is 31.3 Å². The molecule has 0 saturated heterocycles. The van der Waals surface area contributed by atoms with Crippen molar-refractivity contribution >= 4 is 21.8 Å². The molecule has 0 aliphatic rings. The molecule has 126 valence electrons. The lowest BCUT2D eigenvalue weighted by Gasteiger charge is -2.11. The highest BCUT2D eigenvalue weighted by Crippen LogP contribution is 2.36. The van der Waals surface area contributed by atoms with Gasteiger partial charge in [-0.1, -0.05) is 0 Å². The highest BCUT2D eigenvalue weighted by atomic mass is 16.5. The first-order valence-electron chi connectivity index (χ1n) is 7.92. The minimum atomic E-state index is 0.724. The van der Waals surface area contributed by atoms with Crippen molar-refractivity contribution in [2.75, 3.05) is 21.3 Å². The van der Waals surface area contributed by atoms with Gasteiger partial charge in [0.2, 0.25) is 0 Å². The van der Waals surface area contributed by atoms with Gasteiger partial charge in [0.15, 0.2) is 0 Å². The fraction of sp³-hybridized carbons (Fsp3) is 0.150. The molecule has 5 nitrogen and oxygen atoms in total. The zero-order valence-electron chi connectivity index (χ0n) is 14.3. The summed E-state index contributed by atoms with van der Waals surface area (Å²) in [4.78, 5) is 8.19. The maximum Gasteiger partial charge on any atom is 0.123 e. The molecule has 2 aromatic heterocycles. The number of nitrogens with zero attached hydrogens (tertiary/aromatic N) is 1. The number of nitrogens with one attached hydrogen (secondary N) is 1. The van der Waals surface area contributed by atoms with Gasteiger partial charge in [-0.25, -0.2) is 4.98 Å². The number of methoxy groups -OCH3 is 3. The summed E-state index contributed by atoms with van der Waals surface area (Å²) in [7, 11) is 4.94. The summed E-state index contributed by atoms with van der Waals surface area (Å²) in [6, 6.07) is 13.8. The SMILES string of the molecule is COc1cc(OC)cc(-c2nc3cc(OC)ccc3c3cc[nH]c23)c1. The second-order valence-corrected chi connectivity index (χ2v) is 5.71. The first-order chi connectivity index (χ1) is 12.2. The van der Waals surface area contributed by atoms with Gasteiger partial charge in [-0.2, -0.15) is 0 Å². The molecule has 2 heterocycles. The van der Waals surface area contributed by atoms with Gasteiger partial charge in [0.25, 0.3) is 0 Å². The van der Waals surface area contributed by atoms with E-state index in [2.05, 4.69) is 11.1 Å². The van der Waals surface area contributed by atoms with Crippen LogP contribution in [0.15, 0.2) is 48.7 Å². The van der Waals surface area contributed by atoms with Gasteiger partial charge < -0.3 is 19.2 Å². The molecular formula is C20H18N2O3. The second kappa shape index (κ2) is 6.02. The lowest BCUT2D eigenvalue weighted by atomic mass is 10.0. The molecule has 25 heavy (non-hydrogen) atoms. The van der Waals surface area contributed by atoms with Gasteiger partial charge in [0, 0.05) is 34.7 Å². The normalized spacial score (nSPS) is 11.0. The third-order valence-corrected chi connectivity index (χ3v) is 4.34. The number of rotatable bonds is 4. The van der Waals surface area contributed by atoms with Crippen molar-refractivity contribution in [1.29, 1.82) is 0 Å². The van der Waals surface area contributed by atoms with E-state index in [1.54, 1.807) is 21.3 Å². The van der Waals surface area contributed by atoms with E-state index < -0.39 is 0 Å². The fourth-order valence-electron chi connectivity index (χ4n) is 3.08. The highest BCUT2D eigenvalue weighted by molar-refractivity contribution is 6.09. The third kappa shape index (κ3) is 2.54. The zero-order valence-corrected chi connectivity index (χ0v) is 14.3. The molecule has 0 unspecified atom stereocenters. The first-order valence-corrected chi connectivity index (χ1v) is 7.92. The molecule has 0 spiro atoms. The maximum atomic E-state index is 5.40. The van der Waals surface area contributed by atoms with Crippen molar-refractivity contribution in [3.05, 3.63) is 48.7 Å². The van der Waals surface area contributed by atoms with Crippen LogP contribution < -0.4 is 14.2 Å². The highest BCUT2D eigenvalue weighted by Gasteiger charge is 2.14. The van der Waals surface area contributed by atoms with Gasteiger partial charge >= 0.3 is 0 Å². The molecule has 0 atom stereocenters. The number of pyridine rings is 1. The molecule has 0 bridgehead atoms. The number of hydrogen-bond donors (Lipinski definition) is 1. The molecule has 0 radical (unpaired) electrons. The van der Waals surface area contributed by atoms with E-state index in [1.807, 2.05) is 42.6 Å². The predicted octanol–water partition coefficient (Wildman–Crippen LogP) is 4.41. The summed E-state index contributed by atoms with van der Waals surface area (Å²) in [6.07, 6.45) is 1.93. The zero-order chi connectivity index (χ0) is 17.4. The summed E-state index contributed by atoms with van der Waals surface area (Å²) in [5.74, 6) is 2.23. The van der Waals surface area contributed by atoms with Crippen molar-refractivity contribution in [2.45, 2.75) is 0 Å². The number of fused-ring (bicyclic) bond motifs is 3. The maximum absolute atomic E-state index is 5.40. The molecule has 0 saturated carbocycles. The van der Waals surface area contributed by atoms with Crippen molar-refractivity contribution in [2.24, 2.45) is 0 Å². The summed E-state index contributed by atoms with van der Waals surface area (Å²) in [6.45, 7) is 0. The van der Waals surface area contributed by atoms with E-state index in [-0.39, 0.29) is 0 Å². The van der Waals surface area contributed by atoms with Gasteiger partial charge in [-0.15, -0.1) is 0 Å². The molecule has 5 heteroatoms. The Bertz CT molecular complexity index is 1050. The van der Waals surface area contributed by atoms with E-state index in [9.17, 15) is 0 Å². The van der Waals surface area contributed by atoms with Crippen LogP contribution in [0.5, 0.6) is 17.2 Å². The molecule has 0 amide bonds. The Hall–Kier alpha value is -3.21. The standard InChI is InChI=1S/C20H18N2O3/c1-23-13-4-5-16-17-6-7-21-20(17)19(22-18(16)11-13)12-8-14(24-2)10-15(9-12)25-3/h4-11,21H,1-3H3. The summed E-state index contributed by atoms with van der Waals surface area (Å²) in [5.41, 5.74) is 3.63. The van der Waals surface area contributed by atoms with Gasteiger partial charge in [0.05, 0.1) is 38.1 Å².